The zero-order chi connectivity index (χ0) is 16.3. The lowest BCUT2D eigenvalue weighted by Gasteiger charge is -2.26. The number of carbonyl (C=O) groups is 1. The summed E-state index contributed by atoms with van der Waals surface area (Å²) in [5, 5.41) is 2.56. The minimum absolute atomic E-state index is 0.309. The second-order valence-electron chi connectivity index (χ2n) is 5.69. The fourth-order valence-electron chi connectivity index (χ4n) is 1.71. The highest BCUT2D eigenvalue weighted by molar-refractivity contribution is 5.94. The molecule has 0 aliphatic rings. The number of hydrogen-bond acceptors (Lipinski definition) is 2. The Morgan fingerprint density at radius 2 is 1.71 bits per heavy atom. The zero-order valence-corrected chi connectivity index (χ0v) is 12.5. The number of benzene rings is 1. The van der Waals surface area contributed by atoms with Gasteiger partial charge in [0.1, 0.15) is 6.10 Å². The molecule has 0 spiro atoms. The quantitative estimate of drug-likeness (QED) is 0.903. The summed E-state index contributed by atoms with van der Waals surface area (Å²) in [6.07, 6.45) is -4.56. The zero-order valence-electron chi connectivity index (χ0n) is 12.5. The maximum absolute atomic E-state index is 12.4. The molecule has 118 valence electrons. The van der Waals surface area contributed by atoms with Gasteiger partial charge in [-0.15, -0.1) is 0 Å². The maximum Gasteiger partial charge on any atom is 0.416 e. The molecule has 3 nitrogen and oxygen atoms in total. The van der Waals surface area contributed by atoms with Crippen LogP contribution in [0, 0.1) is 0 Å². The smallest absolute Gasteiger partial charge is 0.363 e. The Labute approximate surface area is 122 Å². The highest BCUT2D eigenvalue weighted by Crippen LogP contribution is 2.29. The molecular formula is C15H20F3NO2. The van der Waals surface area contributed by atoms with Crippen molar-refractivity contribution in [2.45, 2.75) is 52.0 Å². The number of alkyl halides is 3. The second kappa shape index (κ2) is 6.47. The molecule has 0 fully saturated rings. The predicted octanol–water partition coefficient (Wildman–Crippen LogP) is 4.24. The summed E-state index contributed by atoms with van der Waals surface area (Å²) in [5.74, 6) is -0.368. The number of halogens is 3. The average Bonchev–Trinajstić information content (AvgIpc) is 2.34. The monoisotopic (exact) mass is 303 g/mol. The molecule has 21 heavy (non-hydrogen) atoms. The van der Waals surface area contributed by atoms with Crippen molar-refractivity contribution in [3.8, 4) is 0 Å². The first-order chi connectivity index (χ1) is 9.53. The van der Waals surface area contributed by atoms with Crippen LogP contribution in [0.2, 0.25) is 0 Å². The van der Waals surface area contributed by atoms with Crippen molar-refractivity contribution in [1.82, 2.24) is 0 Å². The Bertz CT molecular complexity index is 475. The molecular weight excluding hydrogens is 283 g/mol. The third-order valence-corrected chi connectivity index (χ3v) is 2.64. The number of carbonyl (C=O) groups excluding carboxylic acids is 1. The van der Waals surface area contributed by atoms with Gasteiger partial charge in [-0.1, -0.05) is 6.92 Å². The first-order valence-corrected chi connectivity index (χ1v) is 6.69. The van der Waals surface area contributed by atoms with E-state index in [0.29, 0.717) is 12.1 Å². The summed E-state index contributed by atoms with van der Waals surface area (Å²) in [5.41, 5.74) is -0.916. The molecule has 1 unspecified atom stereocenters. The lowest BCUT2D eigenvalue weighted by Crippen LogP contribution is -2.36. The van der Waals surface area contributed by atoms with Crippen LogP contribution in [-0.2, 0) is 15.7 Å². The molecule has 1 atom stereocenters. The Morgan fingerprint density at radius 1 is 1.19 bits per heavy atom. The van der Waals surface area contributed by atoms with Crippen LogP contribution in [0.4, 0.5) is 18.9 Å². The van der Waals surface area contributed by atoms with Gasteiger partial charge in [-0.3, -0.25) is 4.79 Å². The molecule has 1 N–H and O–H groups in total. The van der Waals surface area contributed by atoms with Crippen LogP contribution in [-0.4, -0.2) is 17.6 Å². The van der Waals surface area contributed by atoms with E-state index in [-0.39, 0.29) is 5.91 Å². The fraction of sp³-hybridized carbons (Fsp3) is 0.533. The van der Waals surface area contributed by atoms with E-state index < -0.39 is 23.4 Å². The van der Waals surface area contributed by atoms with Gasteiger partial charge < -0.3 is 10.1 Å². The molecule has 0 bridgehead atoms. The summed E-state index contributed by atoms with van der Waals surface area (Å²) in [7, 11) is 0. The summed E-state index contributed by atoms with van der Waals surface area (Å²) in [6.45, 7) is 7.31. The van der Waals surface area contributed by atoms with E-state index in [4.69, 9.17) is 4.74 Å². The maximum atomic E-state index is 12.4. The van der Waals surface area contributed by atoms with E-state index in [1.54, 1.807) is 0 Å². The van der Waals surface area contributed by atoms with E-state index in [1.165, 1.54) is 12.1 Å². The molecule has 0 aromatic heterocycles. The van der Waals surface area contributed by atoms with Gasteiger partial charge in [0.05, 0.1) is 11.2 Å². The normalized spacial score (nSPS) is 13.9. The van der Waals surface area contributed by atoms with Gasteiger partial charge in [0, 0.05) is 5.69 Å². The minimum atomic E-state index is -4.39. The minimum Gasteiger partial charge on any atom is -0.363 e. The molecule has 1 rings (SSSR count). The molecule has 0 saturated carbocycles. The Kier molecular flexibility index (Phi) is 5.39. The van der Waals surface area contributed by atoms with Gasteiger partial charge in [0.15, 0.2) is 0 Å². The summed E-state index contributed by atoms with van der Waals surface area (Å²) in [6, 6.07) is 4.32. The van der Waals surface area contributed by atoms with Gasteiger partial charge in [-0.25, -0.2) is 0 Å². The first-order valence-electron chi connectivity index (χ1n) is 6.69. The van der Waals surface area contributed by atoms with Crippen molar-refractivity contribution < 1.29 is 22.7 Å². The van der Waals surface area contributed by atoms with Gasteiger partial charge in [0.2, 0.25) is 0 Å². The summed E-state index contributed by atoms with van der Waals surface area (Å²) >= 11 is 0. The van der Waals surface area contributed by atoms with Crippen molar-refractivity contribution in [3.63, 3.8) is 0 Å². The van der Waals surface area contributed by atoms with Crippen molar-refractivity contribution in [1.29, 1.82) is 0 Å². The van der Waals surface area contributed by atoms with Crippen LogP contribution in [0.5, 0.6) is 0 Å². The first kappa shape index (κ1) is 17.5. The van der Waals surface area contributed by atoms with Crippen LogP contribution < -0.4 is 5.32 Å². The Hall–Kier alpha value is -1.56. The largest absolute Gasteiger partial charge is 0.416 e. The lowest BCUT2D eigenvalue weighted by molar-refractivity contribution is -0.137. The Balaban J connectivity index is 2.74. The lowest BCUT2D eigenvalue weighted by atomic mass is 10.1. The topological polar surface area (TPSA) is 38.3 Å². The highest BCUT2D eigenvalue weighted by Gasteiger charge is 2.30. The van der Waals surface area contributed by atoms with E-state index in [1.807, 2.05) is 27.7 Å². The summed E-state index contributed by atoms with van der Waals surface area (Å²) < 4.78 is 42.9. The van der Waals surface area contributed by atoms with Gasteiger partial charge in [-0.2, -0.15) is 13.2 Å². The van der Waals surface area contributed by atoms with Gasteiger partial charge in [-0.05, 0) is 51.5 Å². The standard InChI is InChI=1S/C15H20F3NO2/c1-5-12(21-14(2,3)4)13(20)19-11-8-6-10(7-9-11)15(16,17)18/h6-9,12H,5H2,1-4H3,(H,19,20). The molecule has 0 aliphatic heterocycles. The SMILES string of the molecule is CCC(OC(C)(C)C)C(=O)Nc1ccc(C(F)(F)F)cc1. The Morgan fingerprint density at radius 3 is 2.10 bits per heavy atom. The van der Waals surface area contributed by atoms with Crippen molar-refractivity contribution in [3.05, 3.63) is 29.8 Å². The number of hydrogen-bond donors (Lipinski definition) is 1. The number of rotatable bonds is 4. The van der Waals surface area contributed by atoms with Crippen molar-refractivity contribution in [2.24, 2.45) is 0 Å². The molecule has 1 amide bonds. The third kappa shape index (κ3) is 5.75. The highest BCUT2D eigenvalue weighted by atomic mass is 19.4. The fourth-order valence-corrected chi connectivity index (χ4v) is 1.71. The van der Waals surface area contributed by atoms with E-state index in [9.17, 15) is 18.0 Å². The van der Waals surface area contributed by atoms with Crippen LogP contribution in [0.25, 0.3) is 0 Å². The second-order valence-corrected chi connectivity index (χ2v) is 5.69. The van der Waals surface area contributed by atoms with Crippen LogP contribution in [0.1, 0.15) is 39.7 Å². The predicted molar refractivity (Wildman–Crippen MR) is 75.0 cm³/mol. The molecule has 0 saturated heterocycles. The molecule has 0 aliphatic carbocycles. The third-order valence-electron chi connectivity index (χ3n) is 2.64. The van der Waals surface area contributed by atoms with Crippen molar-refractivity contribution in [2.75, 3.05) is 5.32 Å². The van der Waals surface area contributed by atoms with Crippen molar-refractivity contribution >= 4 is 11.6 Å². The summed E-state index contributed by atoms with van der Waals surface area (Å²) in [4.78, 5) is 12.0. The van der Waals surface area contributed by atoms with E-state index in [2.05, 4.69) is 5.32 Å². The van der Waals surface area contributed by atoms with Gasteiger partial charge >= 0.3 is 6.18 Å². The molecule has 1 aromatic rings. The molecule has 6 heteroatoms. The molecule has 0 heterocycles. The average molecular weight is 303 g/mol. The van der Waals surface area contributed by atoms with Crippen LogP contribution >= 0.6 is 0 Å². The van der Waals surface area contributed by atoms with Gasteiger partial charge in [0.25, 0.3) is 5.91 Å². The number of anilines is 1. The molecule has 0 radical (unpaired) electrons. The number of nitrogens with one attached hydrogen (secondary N) is 1. The van der Waals surface area contributed by atoms with Crippen LogP contribution in [0.15, 0.2) is 24.3 Å². The van der Waals surface area contributed by atoms with Crippen LogP contribution in [0.3, 0.4) is 0 Å². The number of ether oxygens (including phenoxy) is 1. The van der Waals surface area contributed by atoms with E-state index in [0.717, 1.165) is 12.1 Å². The number of amides is 1. The molecule has 1 aromatic carbocycles. The van der Waals surface area contributed by atoms with E-state index >= 15 is 0 Å².